The summed E-state index contributed by atoms with van der Waals surface area (Å²) < 4.78 is 10.5. The minimum Gasteiger partial charge on any atom is -0.463 e. The number of anilines is 1. The molecule has 0 saturated carbocycles. The first-order valence-corrected chi connectivity index (χ1v) is 9.44. The molecular formula is C20H23N5O3. The molecule has 1 aliphatic heterocycles. The molecule has 1 amide bonds. The van der Waals surface area contributed by atoms with Crippen molar-refractivity contribution in [3.8, 4) is 11.5 Å². The van der Waals surface area contributed by atoms with Crippen LogP contribution in [0.3, 0.4) is 0 Å². The molecule has 1 aliphatic rings. The molecule has 1 fully saturated rings. The smallest absolute Gasteiger partial charge is 0.223 e. The van der Waals surface area contributed by atoms with E-state index >= 15 is 0 Å². The third-order valence-electron chi connectivity index (χ3n) is 5.15. The van der Waals surface area contributed by atoms with Gasteiger partial charge in [0.05, 0.1) is 12.0 Å². The van der Waals surface area contributed by atoms with Gasteiger partial charge in [-0.3, -0.25) is 4.79 Å². The molecule has 0 aromatic carbocycles. The van der Waals surface area contributed by atoms with Gasteiger partial charge in [-0.05, 0) is 44.5 Å². The zero-order valence-electron chi connectivity index (χ0n) is 16.1. The predicted octanol–water partition coefficient (Wildman–Crippen LogP) is 2.62. The lowest BCUT2D eigenvalue weighted by Gasteiger charge is -2.35. The van der Waals surface area contributed by atoms with Crippen molar-refractivity contribution in [1.82, 2.24) is 20.3 Å². The quantitative estimate of drug-likeness (QED) is 0.671. The van der Waals surface area contributed by atoms with E-state index in [0.717, 1.165) is 35.9 Å². The predicted molar refractivity (Wildman–Crippen MR) is 103 cm³/mol. The van der Waals surface area contributed by atoms with E-state index in [0.29, 0.717) is 37.4 Å². The van der Waals surface area contributed by atoms with Crippen molar-refractivity contribution in [2.24, 2.45) is 0 Å². The monoisotopic (exact) mass is 381 g/mol. The molecule has 4 heterocycles. The van der Waals surface area contributed by atoms with E-state index in [1.54, 1.807) is 6.26 Å². The van der Waals surface area contributed by atoms with Crippen molar-refractivity contribution >= 4 is 11.7 Å². The summed E-state index contributed by atoms with van der Waals surface area (Å²) in [6, 6.07) is 7.53. The Kier molecular flexibility index (Phi) is 5.10. The van der Waals surface area contributed by atoms with Crippen LogP contribution in [0, 0.1) is 13.8 Å². The fourth-order valence-electron chi connectivity index (χ4n) is 3.48. The largest absolute Gasteiger partial charge is 0.463 e. The number of amides is 1. The second kappa shape index (κ2) is 7.84. The van der Waals surface area contributed by atoms with Crippen molar-refractivity contribution in [1.29, 1.82) is 0 Å². The van der Waals surface area contributed by atoms with Crippen LogP contribution in [0.4, 0.5) is 5.82 Å². The maximum absolute atomic E-state index is 12.6. The van der Waals surface area contributed by atoms with Gasteiger partial charge in [0, 0.05) is 38.2 Å². The van der Waals surface area contributed by atoms with E-state index in [-0.39, 0.29) is 5.91 Å². The molecule has 4 rings (SSSR count). The van der Waals surface area contributed by atoms with E-state index < -0.39 is 0 Å². The Labute approximate surface area is 163 Å². The summed E-state index contributed by atoms with van der Waals surface area (Å²) in [5, 5.41) is 12.5. The number of aromatic nitrogens is 3. The third-order valence-corrected chi connectivity index (χ3v) is 5.15. The highest BCUT2D eigenvalue weighted by Crippen LogP contribution is 2.20. The standard InChI is InChI=1S/C20H23N5O3/c1-14-16(15(2)28-23-14)5-8-20(26)25-11-9-24(10-12-25)19-7-6-17(21-22-19)18-4-3-13-27-18/h3-4,6-7,13H,5,8-12H2,1-2H3. The van der Waals surface area contributed by atoms with E-state index in [9.17, 15) is 4.79 Å². The van der Waals surface area contributed by atoms with Crippen LogP contribution in [0.2, 0.25) is 0 Å². The number of carbonyl (C=O) groups is 1. The Hall–Kier alpha value is -3.16. The second-order valence-corrected chi connectivity index (χ2v) is 6.92. The summed E-state index contributed by atoms with van der Waals surface area (Å²) in [5.74, 6) is 2.48. The van der Waals surface area contributed by atoms with Crippen molar-refractivity contribution < 1.29 is 13.7 Å². The molecule has 8 nitrogen and oxygen atoms in total. The van der Waals surface area contributed by atoms with Gasteiger partial charge in [0.25, 0.3) is 0 Å². The molecule has 0 spiro atoms. The average molecular weight is 381 g/mol. The zero-order valence-corrected chi connectivity index (χ0v) is 16.1. The molecule has 0 aliphatic carbocycles. The van der Waals surface area contributed by atoms with Crippen molar-refractivity contribution in [3.63, 3.8) is 0 Å². The second-order valence-electron chi connectivity index (χ2n) is 6.92. The number of hydrogen-bond acceptors (Lipinski definition) is 7. The summed E-state index contributed by atoms with van der Waals surface area (Å²) >= 11 is 0. The Morgan fingerprint density at radius 2 is 1.93 bits per heavy atom. The van der Waals surface area contributed by atoms with Gasteiger partial charge in [-0.2, -0.15) is 0 Å². The van der Waals surface area contributed by atoms with Crippen LogP contribution in [-0.2, 0) is 11.2 Å². The summed E-state index contributed by atoms with van der Waals surface area (Å²) in [4.78, 5) is 16.6. The van der Waals surface area contributed by atoms with Gasteiger partial charge in [0.1, 0.15) is 11.5 Å². The molecular weight excluding hydrogens is 358 g/mol. The maximum atomic E-state index is 12.6. The molecule has 28 heavy (non-hydrogen) atoms. The number of hydrogen-bond donors (Lipinski definition) is 0. The topological polar surface area (TPSA) is 88.5 Å². The van der Waals surface area contributed by atoms with Crippen LogP contribution in [-0.4, -0.2) is 52.3 Å². The van der Waals surface area contributed by atoms with Crippen LogP contribution < -0.4 is 4.90 Å². The summed E-state index contributed by atoms with van der Waals surface area (Å²) in [5.41, 5.74) is 2.62. The molecule has 0 N–H and O–H groups in total. The van der Waals surface area contributed by atoms with Crippen molar-refractivity contribution in [2.75, 3.05) is 31.1 Å². The first kappa shape index (κ1) is 18.2. The summed E-state index contributed by atoms with van der Waals surface area (Å²) in [6.45, 7) is 6.64. The van der Waals surface area contributed by atoms with Gasteiger partial charge in [0.2, 0.25) is 5.91 Å². The Morgan fingerprint density at radius 3 is 2.54 bits per heavy atom. The van der Waals surface area contributed by atoms with Crippen molar-refractivity contribution in [2.45, 2.75) is 26.7 Å². The lowest BCUT2D eigenvalue weighted by molar-refractivity contribution is -0.131. The number of carbonyl (C=O) groups excluding carboxylic acids is 1. The van der Waals surface area contributed by atoms with E-state index in [4.69, 9.17) is 8.94 Å². The van der Waals surface area contributed by atoms with Crippen LogP contribution in [0.25, 0.3) is 11.5 Å². The van der Waals surface area contributed by atoms with Gasteiger partial charge >= 0.3 is 0 Å². The molecule has 0 unspecified atom stereocenters. The first-order chi connectivity index (χ1) is 13.6. The maximum Gasteiger partial charge on any atom is 0.223 e. The van der Waals surface area contributed by atoms with E-state index in [1.807, 2.05) is 43.0 Å². The first-order valence-electron chi connectivity index (χ1n) is 9.44. The van der Waals surface area contributed by atoms with E-state index in [2.05, 4.69) is 20.3 Å². The highest BCUT2D eigenvalue weighted by molar-refractivity contribution is 5.76. The minimum absolute atomic E-state index is 0.166. The molecule has 3 aromatic heterocycles. The Balaban J connectivity index is 1.30. The van der Waals surface area contributed by atoms with Gasteiger partial charge < -0.3 is 18.7 Å². The number of furan rings is 1. The third kappa shape index (κ3) is 3.76. The Morgan fingerprint density at radius 1 is 1.11 bits per heavy atom. The fraction of sp³-hybridized carbons (Fsp3) is 0.400. The normalized spacial score (nSPS) is 14.5. The number of rotatable bonds is 5. The highest BCUT2D eigenvalue weighted by atomic mass is 16.5. The molecule has 1 saturated heterocycles. The summed E-state index contributed by atoms with van der Waals surface area (Å²) in [7, 11) is 0. The lowest BCUT2D eigenvalue weighted by atomic mass is 10.1. The zero-order chi connectivity index (χ0) is 19.5. The number of nitrogens with zero attached hydrogens (tertiary/aromatic N) is 5. The summed E-state index contributed by atoms with van der Waals surface area (Å²) in [6.07, 6.45) is 2.76. The van der Waals surface area contributed by atoms with Crippen LogP contribution >= 0.6 is 0 Å². The van der Waals surface area contributed by atoms with E-state index in [1.165, 1.54) is 0 Å². The van der Waals surface area contributed by atoms with Crippen LogP contribution in [0.15, 0.2) is 39.5 Å². The van der Waals surface area contributed by atoms with Gasteiger partial charge in [0.15, 0.2) is 11.6 Å². The molecule has 0 atom stereocenters. The van der Waals surface area contributed by atoms with Gasteiger partial charge in [-0.25, -0.2) is 0 Å². The van der Waals surface area contributed by atoms with Crippen molar-refractivity contribution in [3.05, 3.63) is 47.5 Å². The molecule has 8 heteroatoms. The van der Waals surface area contributed by atoms with Gasteiger partial charge in [-0.15, -0.1) is 10.2 Å². The van der Waals surface area contributed by atoms with Crippen LogP contribution in [0.5, 0.6) is 0 Å². The highest BCUT2D eigenvalue weighted by Gasteiger charge is 2.23. The molecule has 146 valence electrons. The SMILES string of the molecule is Cc1noc(C)c1CCC(=O)N1CCN(c2ccc(-c3ccco3)nn2)CC1. The molecule has 3 aromatic rings. The number of aryl methyl sites for hydroxylation is 2. The van der Waals surface area contributed by atoms with Gasteiger partial charge in [-0.1, -0.05) is 5.16 Å². The minimum atomic E-state index is 0.166. The molecule has 0 bridgehead atoms. The lowest BCUT2D eigenvalue weighted by Crippen LogP contribution is -2.49. The average Bonchev–Trinajstić information content (AvgIpc) is 3.37. The Bertz CT molecular complexity index is 906. The number of piperazine rings is 1. The fourth-order valence-corrected chi connectivity index (χ4v) is 3.48. The molecule has 0 radical (unpaired) electrons. The van der Waals surface area contributed by atoms with Crippen LogP contribution in [0.1, 0.15) is 23.4 Å².